The molecule has 0 fully saturated rings. The number of aryl methyl sites for hydroxylation is 4. The van der Waals surface area contributed by atoms with Crippen LogP contribution in [0.15, 0.2) is 6.20 Å². The molecule has 0 bridgehead atoms. The van der Waals surface area contributed by atoms with Crippen molar-refractivity contribution in [2.24, 2.45) is 0 Å². The number of imidazole rings is 1. The number of carbonyl (C=O) groups is 1. The minimum absolute atomic E-state index is 0.0274. The van der Waals surface area contributed by atoms with Crippen LogP contribution in [0.25, 0.3) is 0 Å². The number of nitrogens with one attached hydrogen (secondary N) is 1. The number of nitrogens with zero attached hydrogens (tertiary/aromatic N) is 5. The van der Waals surface area contributed by atoms with Crippen molar-refractivity contribution in [3.63, 3.8) is 0 Å². The maximum atomic E-state index is 12.2. The molecule has 0 unspecified atom stereocenters. The first-order valence-corrected chi connectivity index (χ1v) is 9.30. The molecule has 1 N–H and O–H groups in total. The minimum Gasteiger partial charge on any atom is -0.350 e. The Labute approximate surface area is 154 Å². The topological polar surface area (TPSA) is 88.5 Å². The van der Waals surface area contributed by atoms with Gasteiger partial charge in [-0.3, -0.25) is 9.48 Å². The van der Waals surface area contributed by atoms with E-state index in [0.717, 1.165) is 41.4 Å². The fourth-order valence-corrected chi connectivity index (χ4v) is 3.54. The van der Waals surface area contributed by atoms with Crippen LogP contribution < -0.4 is 5.32 Å². The number of amides is 1. The highest BCUT2D eigenvalue weighted by molar-refractivity contribution is 5.76. The third-order valence-corrected chi connectivity index (χ3v) is 4.99. The van der Waals surface area contributed by atoms with Gasteiger partial charge in [0.25, 0.3) is 0 Å². The minimum atomic E-state index is 0.0274. The fraction of sp³-hybridized carbons (Fsp3) is 0.579. The molecule has 26 heavy (non-hydrogen) atoms. The van der Waals surface area contributed by atoms with Crippen LogP contribution in [-0.4, -0.2) is 25.2 Å². The fourth-order valence-electron chi connectivity index (χ4n) is 3.54. The van der Waals surface area contributed by atoms with Crippen molar-refractivity contribution in [1.29, 1.82) is 5.26 Å². The van der Waals surface area contributed by atoms with Gasteiger partial charge in [0.15, 0.2) is 0 Å². The van der Waals surface area contributed by atoms with Gasteiger partial charge in [0.1, 0.15) is 5.82 Å². The lowest BCUT2D eigenvalue weighted by Gasteiger charge is -2.11. The van der Waals surface area contributed by atoms with Crippen molar-refractivity contribution in [2.75, 3.05) is 0 Å². The van der Waals surface area contributed by atoms with Gasteiger partial charge in [-0.1, -0.05) is 0 Å². The molecule has 0 aromatic carbocycles. The molecule has 2 aromatic heterocycles. The second kappa shape index (κ2) is 8.17. The van der Waals surface area contributed by atoms with Gasteiger partial charge in [0, 0.05) is 31.3 Å². The van der Waals surface area contributed by atoms with Crippen molar-refractivity contribution >= 4 is 5.91 Å². The van der Waals surface area contributed by atoms with Gasteiger partial charge in [0.05, 0.1) is 37.0 Å². The predicted octanol–water partition coefficient (Wildman–Crippen LogP) is 2.20. The highest BCUT2D eigenvalue weighted by Crippen LogP contribution is 2.16. The Morgan fingerprint density at radius 3 is 3.00 bits per heavy atom. The maximum absolute atomic E-state index is 12.2. The van der Waals surface area contributed by atoms with Crippen molar-refractivity contribution in [3.8, 4) is 6.07 Å². The largest absolute Gasteiger partial charge is 0.350 e. The van der Waals surface area contributed by atoms with Gasteiger partial charge in [0.2, 0.25) is 5.91 Å². The van der Waals surface area contributed by atoms with Gasteiger partial charge in [-0.2, -0.15) is 10.4 Å². The number of nitriles is 1. The third kappa shape index (κ3) is 4.13. The summed E-state index contributed by atoms with van der Waals surface area (Å²) < 4.78 is 4.06. The predicted molar refractivity (Wildman–Crippen MR) is 97.3 cm³/mol. The zero-order chi connectivity index (χ0) is 18.5. The molecule has 2 aromatic rings. The van der Waals surface area contributed by atoms with Crippen LogP contribution in [-0.2, 0) is 37.3 Å². The lowest BCUT2D eigenvalue weighted by molar-refractivity contribution is -0.121. The van der Waals surface area contributed by atoms with E-state index in [0.29, 0.717) is 32.4 Å². The smallest absolute Gasteiger partial charge is 0.220 e. The van der Waals surface area contributed by atoms with E-state index in [4.69, 9.17) is 5.26 Å². The van der Waals surface area contributed by atoms with Crippen LogP contribution in [0.2, 0.25) is 0 Å². The van der Waals surface area contributed by atoms with Gasteiger partial charge < -0.3 is 9.88 Å². The summed E-state index contributed by atoms with van der Waals surface area (Å²) in [7, 11) is 0. The molecule has 1 aliphatic rings. The monoisotopic (exact) mass is 354 g/mol. The van der Waals surface area contributed by atoms with Gasteiger partial charge in [-0.25, -0.2) is 4.98 Å². The molecular weight excluding hydrogens is 328 g/mol. The third-order valence-electron chi connectivity index (χ3n) is 4.99. The molecule has 7 nitrogen and oxygen atoms in total. The second-order valence-corrected chi connectivity index (χ2v) is 6.86. The van der Waals surface area contributed by atoms with Gasteiger partial charge in [-0.05, 0) is 38.7 Å². The van der Waals surface area contributed by atoms with Crippen molar-refractivity contribution in [3.05, 3.63) is 34.7 Å². The average molecular weight is 354 g/mol. The first kappa shape index (κ1) is 18.2. The number of rotatable bonds is 7. The van der Waals surface area contributed by atoms with E-state index in [9.17, 15) is 4.79 Å². The summed E-state index contributed by atoms with van der Waals surface area (Å²) in [5, 5.41) is 16.2. The highest BCUT2D eigenvalue weighted by atomic mass is 16.1. The van der Waals surface area contributed by atoms with E-state index in [2.05, 4.69) is 32.2 Å². The van der Waals surface area contributed by atoms with E-state index in [-0.39, 0.29) is 5.91 Å². The molecule has 3 rings (SSSR count). The number of hydrogen-bond donors (Lipinski definition) is 1. The first-order valence-electron chi connectivity index (χ1n) is 9.30. The van der Waals surface area contributed by atoms with E-state index < -0.39 is 0 Å². The maximum Gasteiger partial charge on any atom is 0.220 e. The van der Waals surface area contributed by atoms with Crippen molar-refractivity contribution < 1.29 is 4.79 Å². The average Bonchev–Trinajstić information content (AvgIpc) is 3.17. The summed E-state index contributed by atoms with van der Waals surface area (Å²) in [6.45, 7) is 6.07. The molecule has 3 heterocycles. The molecule has 0 saturated carbocycles. The molecule has 1 aliphatic heterocycles. The summed E-state index contributed by atoms with van der Waals surface area (Å²) in [5.41, 5.74) is 4.03. The van der Waals surface area contributed by atoms with Crippen LogP contribution in [0, 0.1) is 25.2 Å². The number of carbonyl (C=O) groups excluding carboxylic acids is 1. The van der Waals surface area contributed by atoms with Crippen LogP contribution in [0.5, 0.6) is 0 Å². The highest BCUT2D eigenvalue weighted by Gasteiger charge is 2.15. The SMILES string of the molecule is Cc1nn(CCC#N)c(C)c1CCC(=O)NCc1cn2c(n1)CCCC2. The van der Waals surface area contributed by atoms with E-state index in [1.165, 1.54) is 12.8 Å². The lowest BCUT2D eigenvalue weighted by atomic mass is 10.1. The second-order valence-electron chi connectivity index (χ2n) is 6.86. The molecule has 0 saturated heterocycles. The molecule has 1 amide bonds. The van der Waals surface area contributed by atoms with E-state index in [1.54, 1.807) is 0 Å². The molecule has 0 aliphatic carbocycles. The zero-order valence-electron chi connectivity index (χ0n) is 15.6. The molecule has 7 heteroatoms. The Morgan fingerprint density at radius 1 is 1.38 bits per heavy atom. The van der Waals surface area contributed by atoms with Crippen LogP contribution in [0.4, 0.5) is 0 Å². The lowest BCUT2D eigenvalue weighted by Crippen LogP contribution is -2.23. The van der Waals surface area contributed by atoms with Gasteiger partial charge >= 0.3 is 0 Å². The van der Waals surface area contributed by atoms with Crippen LogP contribution in [0.3, 0.4) is 0 Å². The molecule has 0 radical (unpaired) electrons. The summed E-state index contributed by atoms with van der Waals surface area (Å²) in [4.78, 5) is 16.8. The molecule has 0 atom stereocenters. The molecule has 138 valence electrons. The summed E-state index contributed by atoms with van der Waals surface area (Å²) in [6, 6.07) is 2.14. The van der Waals surface area contributed by atoms with E-state index >= 15 is 0 Å². The number of aromatic nitrogens is 4. The van der Waals surface area contributed by atoms with Gasteiger partial charge in [-0.15, -0.1) is 0 Å². The van der Waals surface area contributed by atoms with Crippen molar-refractivity contribution in [2.45, 2.75) is 72.0 Å². The standard InChI is InChI=1S/C19H26N6O/c1-14-17(15(2)25(23-14)11-5-9-20)7-8-19(26)21-12-16-13-24-10-4-3-6-18(24)22-16/h13H,3-8,10-12H2,1-2H3,(H,21,26). The normalized spacial score (nSPS) is 13.3. The Bertz CT molecular complexity index is 802. The Kier molecular flexibility index (Phi) is 5.71. The Morgan fingerprint density at radius 2 is 2.23 bits per heavy atom. The number of hydrogen-bond acceptors (Lipinski definition) is 4. The molecular formula is C19H26N6O. The summed E-state index contributed by atoms with van der Waals surface area (Å²) in [6.07, 6.45) is 7.02. The first-order chi connectivity index (χ1) is 12.6. The molecule has 0 spiro atoms. The zero-order valence-corrected chi connectivity index (χ0v) is 15.6. The summed E-state index contributed by atoms with van der Waals surface area (Å²) >= 11 is 0. The van der Waals surface area contributed by atoms with Crippen molar-refractivity contribution in [1.82, 2.24) is 24.6 Å². The van der Waals surface area contributed by atoms with E-state index in [1.807, 2.05) is 18.5 Å². The summed E-state index contributed by atoms with van der Waals surface area (Å²) in [5.74, 6) is 1.16. The Hall–Kier alpha value is -2.62. The number of fused-ring (bicyclic) bond motifs is 1. The van der Waals surface area contributed by atoms with Crippen LogP contribution in [0.1, 0.15) is 54.2 Å². The van der Waals surface area contributed by atoms with Crippen LogP contribution >= 0.6 is 0 Å². The quantitative estimate of drug-likeness (QED) is 0.825. The Balaban J connectivity index is 1.50.